The van der Waals surface area contributed by atoms with Gasteiger partial charge in [-0.25, -0.2) is 0 Å². The van der Waals surface area contributed by atoms with Gasteiger partial charge in [0.15, 0.2) is 0 Å². The molecule has 1 aromatic carbocycles. The Kier molecular flexibility index (Phi) is 7.15. The van der Waals surface area contributed by atoms with Crippen molar-refractivity contribution in [2.45, 2.75) is 114 Å². The summed E-state index contributed by atoms with van der Waals surface area (Å²) in [6.07, 6.45) is 18.7. The Hall–Kier alpha value is -0.346. The summed E-state index contributed by atoms with van der Waals surface area (Å²) in [6, 6.07) is 11.8. The first kappa shape index (κ1) is 22.4. The molecule has 0 amide bonds. The van der Waals surface area contributed by atoms with Crippen LogP contribution in [0.25, 0.3) is 0 Å². The predicted octanol–water partition coefficient (Wildman–Crippen LogP) is 8.14. The van der Waals surface area contributed by atoms with Gasteiger partial charge < -0.3 is 0 Å². The van der Waals surface area contributed by atoms with Crippen LogP contribution in [-0.4, -0.2) is 16.6 Å². The highest BCUT2D eigenvalue weighted by atomic mass is 29.2. The van der Waals surface area contributed by atoms with Crippen LogP contribution in [0.15, 0.2) is 30.3 Å². The molecule has 0 aliphatic heterocycles. The number of benzene rings is 1. The maximum Gasteiger partial charge on any atom is 0.0285 e. The fourth-order valence-corrected chi connectivity index (χ4v) is 21.9. The van der Waals surface area contributed by atoms with Crippen molar-refractivity contribution in [1.82, 2.24) is 0 Å². The van der Waals surface area contributed by atoms with Crippen LogP contribution in [0.3, 0.4) is 0 Å². The van der Waals surface area contributed by atoms with Gasteiger partial charge in [-0.1, -0.05) is 114 Å². The fraction of sp³-hybridized carbons (Fsp3) is 0.793. The first-order valence-electron chi connectivity index (χ1n) is 14.2. The van der Waals surface area contributed by atoms with Crippen molar-refractivity contribution in [2.24, 2.45) is 29.6 Å². The van der Waals surface area contributed by atoms with Crippen molar-refractivity contribution in [3.63, 3.8) is 0 Å². The van der Waals surface area contributed by atoms with E-state index in [0.717, 1.165) is 35.5 Å². The van der Waals surface area contributed by atoms with Gasteiger partial charge in [0.1, 0.15) is 0 Å². The number of fused-ring (bicyclic) bond motifs is 2. The summed E-state index contributed by atoms with van der Waals surface area (Å²) in [7, 11) is -1.10. The lowest BCUT2D eigenvalue weighted by molar-refractivity contribution is 0.122. The Morgan fingerprint density at radius 1 is 0.806 bits per heavy atom. The zero-order valence-electron chi connectivity index (χ0n) is 20.6. The lowest BCUT2D eigenvalue weighted by Crippen LogP contribution is -2.42. The second-order valence-corrected chi connectivity index (χ2v) is 23.9. The van der Waals surface area contributed by atoms with Gasteiger partial charge in [0.2, 0.25) is 0 Å². The molecule has 0 bridgehead atoms. The van der Waals surface area contributed by atoms with Gasteiger partial charge in [0.05, 0.1) is 0 Å². The first-order chi connectivity index (χ1) is 15.2. The lowest BCUT2D eigenvalue weighted by atomic mass is 9.62. The molecule has 4 saturated carbocycles. The molecule has 4 aliphatic carbocycles. The third-order valence-electron chi connectivity index (χ3n) is 11.1. The van der Waals surface area contributed by atoms with Crippen LogP contribution in [0.4, 0.5) is 0 Å². The van der Waals surface area contributed by atoms with Gasteiger partial charge >= 0.3 is 0 Å². The van der Waals surface area contributed by atoms with Crippen molar-refractivity contribution in [3.8, 4) is 0 Å². The normalized spacial score (nSPS) is 41.6. The molecule has 2 heteroatoms. The van der Waals surface area contributed by atoms with E-state index in [1.807, 2.05) is 0 Å². The van der Waals surface area contributed by atoms with Gasteiger partial charge in [0.25, 0.3) is 0 Å². The monoisotopic (exact) mass is 452 g/mol. The van der Waals surface area contributed by atoms with Crippen LogP contribution in [-0.2, 0) is 0 Å². The Morgan fingerprint density at radius 2 is 1.65 bits per heavy atom. The summed E-state index contributed by atoms with van der Waals surface area (Å²) in [5.41, 5.74) is 4.13. The molecule has 10 unspecified atom stereocenters. The summed E-state index contributed by atoms with van der Waals surface area (Å²) in [4.78, 5) is 0. The molecule has 0 spiro atoms. The molecule has 0 nitrogen and oxygen atoms in total. The lowest BCUT2D eigenvalue weighted by Gasteiger charge is -2.46. The third kappa shape index (κ3) is 4.42. The molecule has 0 aromatic heterocycles. The minimum Gasteiger partial charge on any atom is -0.0739 e. The van der Waals surface area contributed by atoms with Crippen molar-refractivity contribution >= 4 is 16.6 Å². The van der Waals surface area contributed by atoms with Crippen molar-refractivity contribution in [1.29, 1.82) is 0 Å². The molecule has 4 aliphatic rings. The zero-order chi connectivity index (χ0) is 21.4. The maximum atomic E-state index is 2.88. The Labute approximate surface area is 196 Å². The van der Waals surface area contributed by atoms with E-state index in [2.05, 4.69) is 50.3 Å². The fourth-order valence-electron chi connectivity index (χ4n) is 9.41. The van der Waals surface area contributed by atoms with Crippen LogP contribution in [0.5, 0.6) is 0 Å². The number of unbranched alkanes of at least 4 members (excludes halogenated alkanes) is 1. The van der Waals surface area contributed by atoms with E-state index >= 15 is 0 Å². The highest BCUT2D eigenvalue weighted by molar-refractivity contribution is 7.22. The molecule has 172 valence electrons. The molecule has 0 saturated heterocycles. The quantitative estimate of drug-likeness (QED) is 0.366. The molecular formula is C29H48Si2. The highest BCUT2D eigenvalue weighted by Crippen LogP contribution is 2.62. The van der Waals surface area contributed by atoms with E-state index in [1.165, 1.54) is 36.8 Å². The predicted molar refractivity (Wildman–Crippen MR) is 141 cm³/mol. The largest absolute Gasteiger partial charge is 0.0739 e. The SMILES string of the molecule is CCCCC1CCC([SiH](C)[SiH](C)C2CCC3C2CC2CCCC2C3c2ccccc2)C1. The van der Waals surface area contributed by atoms with E-state index < -0.39 is 16.6 Å². The van der Waals surface area contributed by atoms with Crippen molar-refractivity contribution in [3.05, 3.63) is 35.9 Å². The van der Waals surface area contributed by atoms with E-state index in [-0.39, 0.29) is 0 Å². The van der Waals surface area contributed by atoms with Crippen LogP contribution in [0, 0.1) is 29.6 Å². The van der Waals surface area contributed by atoms with Gasteiger partial charge in [-0.2, -0.15) is 0 Å². The minimum atomic E-state index is -0.571. The molecule has 0 N–H and O–H groups in total. The van der Waals surface area contributed by atoms with Crippen LogP contribution >= 0.6 is 0 Å². The standard InChI is InChI=1S/C29H48Si2/c1-4-5-10-21-15-16-24(19-21)30(2)31(3)28-18-17-26-27(28)20-23-13-9-14-25(23)29(26)22-11-7-6-8-12-22/h6-8,11-12,21,23-31H,4-5,9-10,13-20H2,1-3H3. The van der Waals surface area contributed by atoms with Crippen LogP contribution < -0.4 is 0 Å². The number of hydrogen-bond acceptors (Lipinski definition) is 0. The van der Waals surface area contributed by atoms with Gasteiger partial charge in [0, 0.05) is 16.6 Å². The smallest absolute Gasteiger partial charge is 0.0285 e. The number of hydrogen-bond donors (Lipinski definition) is 0. The first-order valence-corrected chi connectivity index (χ1v) is 20.5. The number of rotatable bonds is 7. The Morgan fingerprint density at radius 3 is 2.45 bits per heavy atom. The van der Waals surface area contributed by atoms with Crippen LogP contribution in [0.2, 0.25) is 24.2 Å². The van der Waals surface area contributed by atoms with Crippen molar-refractivity contribution in [2.75, 3.05) is 0 Å². The molecular weight excluding hydrogens is 404 g/mol. The van der Waals surface area contributed by atoms with Gasteiger partial charge in [-0.15, -0.1) is 0 Å². The summed E-state index contributed by atoms with van der Waals surface area (Å²) < 4.78 is 0. The summed E-state index contributed by atoms with van der Waals surface area (Å²) >= 11 is 0. The third-order valence-corrected chi connectivity index (χ3v) is 25.2. The highest BCUT2D eigenvalue weighted by Gasteiger charge is 2.53. The summed E-state index contributed by atoms with van der Waals surface area (Å²) in [5.74, 6) is 6.23. The van der Waals surface area contributed by atoms with E-state index in [9.17, 15) is 0 Å². The Balaban J connectivity index is 1.29. The second kappa shape index (κ2) is 9.88. The minimum absolute atomic E-state index is 0.525. The van der Waals surface area contributed by atoms with E-state index in [0.29, 0.717) is 0 Å². The summed E-state index contributed by atoms with van der Waals surface area (Å²) in [5, 5.41) is 0. The van der Waals surface area contributed by atoms with Gasteiger partial charge in [-0.05, 0) is 65.9 Å². The molecule has 4 fully saturated rings. The van der Waals surface area contributed by atoms with Crippen LogP contribution in [0.1, 0.15) is 95.5 Å². The summed E-state index contributed by atoms with van der Waals surface area (Å²) in [6.45, 7) is 8.10. The van der Waals surface area contributed by atoms with E-state index in [4.69, 9.17) is 0 Å². The molecule has 1 aromatic rings. The topological polar surface area (TPSA) is 0 Å². The zero-order valence-corrected chi connectivity index (χ0v) is 23.0. The second-order valence-electron chi connectivity index (χ2n) is 12.4. The molecule has 5 rings (SSSR count). The van der Waals surface area contributed by atoms with E-state index in [1.54, 1.807) is 56.9 Å². The maximum absolute atomic E-state index is 2.88. The molecule has 0 heterocycles. The Bertz CT molecular complexity index is 702. The molecule has 10 atom stereocenters. The average Bonchev–Trinajstić information content (AvgIpc) is 3.55. The van der Waals surface area contributed by atoms with Crippen molar-refractivity contribution < 1.29 is 0 Å². The molecule has 0 radical (unpaired) electrons. The average molecular weight is 453 g/mol. The van der Waals surface area contributed by atoms with Gasteiger partial charge in [-0.3, -0.25) is 0 Å². The molecule has 31 heavy (non-hydrogen) atoms.